The molecule has 1 heterocycles. The molecule has 2 N–H and O–H groups in total. The second kappa shape index (κ2) is 8.56. The van der Waals surface area contributed by atoms with Crippen LogP contribution in [0, 0.1) is 23.4 Å². The molecular weight excluding hydrogens is 369 g/mol. The van der Waals surface area contributed by atoms with Gasteiger partial charge in [-0.2, -0.15) is 0 Å². The van der Waals surface area contributed by atoms with Gasteiger partial charge in [-0.3, -0.25) is 9.59 Å². The smallest absolute Gasteiger partial charge is 0.224 e. The zero-order valence-electron chi connectivity index (χ0n) is 15.2. The monoisotopic (exact) mass is 390 g/mol. The van der Waals surface area contributed by atoms with Gasteiger partial charge < -0.3 is 10.6 Å². The molecule has 148 valence electrons. The summed E-state index contributed by atoms with van der Waals surface area (Å²) in [5.41, 5.74) is 6.24. The number of nitrogens with zero attached hydrogens (tertiary/aromatic N) is 1. The van der Waals surface area contributed by atoms with Gasteiger partial charge in [-0.1, -0.05) is 30.3 Å². The number of rotatable bonds is 5. The minimum atomic E-state index is -1.20. The fraction of sp³-hybridized carbons (Fsp3) is 0.333. The highest BCUT2D eigenvalue weighted by Gasteiger charge is 2.31. The molecule has 1 fully saturated rings. The van der Waals surface area contributed by atoms with Gasteiger partial charge in [-0.05, 0) is 18.4 Å². The molecule has 0 aromatic heterocycles. The number of Topliss-reactive ketones (excluding diaryl/α,β-unsaturated/α-hetero) is 1. The van der Waals surface area contributed by atoms with Gasteiger partial charge in [0, 0.05) is 43.6 Å². The van der Waals surface area contributed by atoms with Crippen LogP contribution in [0.15, 0.2) is 42.5 Å². The molecule has 1 atom stereocenters. The summed E-state index contributed by atoms with van der Waals surface area (Å²) in [4.78, 5) is 26.6. The SMILES string of the molecule is NC(CC(=O)N1CCC(C(=O)c2c(F)cc(F)cc2F)CC1)c1ccccc1. The van der Waals surface area contributed by atoms with Crippen molar-refractivity contribution in [2.45, 2.75) is 25.3 Å². The van der Waals surface area contributed by atoms with Gasteiger partial charge >= 0.3 is 0 Å². The van der Waals surface area contributed by atoms with Crippen molar-refractivity contribution in [3.05, 3.63) is 71.0 Å². The lowest BCUT2D eigenvalue weighted by Crippen LogP contribution is -2.41. The summed E-state index contributed by atoms with van der Waals surface area (Å²) in [6.07, 6.45) is 0.729. The van der Waals surface area contributed by atoms with Crippen LogP contribution in [-0.4, -0.2) is 29.7 Å². The molecule has 0 aliphatic carbocycles. The summed E-state index contributed by atoms with van der Waals surface area (Å²) < 4.78 is 40.7. The van der Waals surface area contributed by atoms with E-state index in [2.05, 4.69) is 0 Å². The van der Waals surface area contributed by atoms with Crippen LogP contribution in [-0.2, 0) is 4.79 Å². The minimum Gasteiger partial charge on any atom is -0.343 e. The number of nitrogens with two attached hydrogens (primary N) is 1. The number of carbonyl (C=O) groups excluding carboxylic acids is 2. The van der Waals surface area contributed by atoms with E-state index in [4.69, 9.17) is 5.73 Å². The zero-order valence-corrected chi connectivity index (χ0v) is 15.2. The molecule has 3 rings (SSSR count). The van der Waals surface area contributed by atoms with E-state index in [1.165, 1.54) is 0 Å². The van der Waals surface area contributed by atoms with Crippen molar-refractivity contribution in [2.24, 2.45) is 11.7 Å². The molecule has 4 nitrogen and oxygen atoms in total. The van der Waals surface area contributed by atoms with E-state index in [1.54, 1.807) is 4.90 Å². The Morgan fingerprint density at radius 1 is 1.04 bits per heavy atom. The van der Waals surface area contributed by atoms with Gasteiger partial charge in [0.15, 0.2) is 5.78 Å². The topological polar surface area (TPSA) is 63.4 Å². The summed E-state index contributed by atoms with van der Waals surface area (Å²) in [5, 5.41) is 0. The first-order chi connectivity index (χ1) is 13.4. The van der Waals surface area contributed by atoms with E-state index in [0.29, 0.717) is 38.1 Å². The van der Waals surface area contributed by atoms with Crippen LogP contribution >= 0.6 is 0 Å². The fourth-order valence-corrected chi connectivity index (χ4v) is 3.51. The number of hydrogen-bond acceptors (Lipinski definition) is 3. The third-order valence-electron chi connectivity index (χ3n) is 5.09. The molecule has 7 heteroatoms. The first-order valence-electron chi connectivity index (χ1n) is 9.14. The lowest BCUT2D eigenvalue weighted by molar-refractivity contribution is -0.132. The van der Waals surface area contributed by atoms with E-state index >= 15 is 0 Å². The van der Waals surface area contributed by atoms with Crippen molar-refractivity contribution in [3.8, 4) is 0 Å². The maximum atomic E-state index is 13.8. The Labute approximate surface area is 161 Å². The van der Waals surface area contributed by atoms with Crippen LogP contribution in [0.3, 0.4) is 0 Å². The summed E-state index contributed by atoms with van der Waals surface area (Å²) in [6.45, 7) is 0.613. The van der Waals surface area contributed by atoms with Crippen molar-refractivity contribution in [2.75, 3.05) is 13.1 Å². The molecule has 0 radical (unpaired) electrons. The summed E-state index contributed by atoms with van der Waals surface area (Å²) in [5.74, 6) is -4.89. The largest absolute Gasteiger partial charge is 0.343 e. The van der Waals surface area contributed by atoms with E-state index < -0.39 is 40.8 Å². The second-order valence-corrected chi connectivity index (χ2v) is 6.99. The number of halogens is 3. The van der Waals surface area contributed by atoms with Crippen molar-refractivity contribution >= 4 is 11.7 Å². The Bertz CT molecular complexity index is 842. The van der Waals surface area contributed by atoms with Crippen LogP contribution in [0.4, 0.5) is 13.2 Å². The van der Waals surface area contributed by atoms with Gasteiger partial charge in [0.2, 0.25) is 5.91 Å². The van der Waals surface area contributed by atoms with Gasteiger partial charge in [-0.15, -0.1) is 0 Å². The molecule has 2 aromatic carbocycles. The Morgan fingerprint density at radius 2 is 1.61 bits per heavy atom. The lowest BCUT2D eigenvalue weighted by Gasteiger charge is -2.32. The van der Waals surface area contributed by atoms with Crippen LogP contribution < -0.4 is 5.73 Å². The maximum absolute atomic E-state index is 13.8. The predicted octanol–water partition coefficient (Wildman–Crippen LogP) is 3.62. The first-order valence-corrected chi connectivity index (χ1v) is 9.14. The molecule has 1 amide bonds. The quantitative estimate of drug-likeness (QED) is 0.794. The molecule has 1 aliphatic heterocycles. The highest BCUT2D eigenvalue weighted by molar-refractivity contribution is 5.98. The van der Waals surface area contributed by atoms with Gasteiger partial charge in [0.1, 0.15) is 17.5 Å². The average Bonchev–Trinajstić information content (AvgIpc) is 2.67. The number of likely N-dealkylation sites (tertiary alicyclic amines) is 1. The molecular formula is C21H21F3N2O2. The molecule has 28 heavy (non-hydrogen) atoms. The number of hydrogen-bond donors (Lipinski definition) is 1. The normalized spacial score (nSPS) is 16.1. The van der Waals surface area contributed by atoms with Crippen LogP contribution in [0.25, 0.3) is 0 Å². The van der Waals surface area contributed by atoms with Crippen LogP contribution in [0.1, 0.15) is 41.2 Å². The molecule has 2 aromatic rings. The van der Waals surface area contributed by atoms with Crippen LogP contribution in [0.5, 0.6) is 0 Å². The van der Waals surface area contributed by atoms with E-state index in [0.717, 1.165) is 5.56 Å². The Hall–Kier alpha value is -2.67. The summed E-state index contributed by atoms with van der Waals surface area (Å²) >= 11 is 0. The number of benzene rings is 2. The maximum Gasteiger partial charge on any atom is 0.224 e. The summed E-state index contributed by atoms with van der Waals surface area (Å²) in [6, 6.07) is 9.86. The molecule has 0 spiro atoms. The zero-order chi connectivity index (χ0) is 20.3. The van der Waals surface area contributed by atoms with Crippen molar-refractivity contribution in [1.82, 2.24) is 4.90 Å². The minimum absolute atomic E-state index is 0.124. The van der Waals surface area contributed by atoms with Gasteiger partial charge in [0.25, 0.3) is 0 Å². The van der Waals surface area contributed by atoms with E-state index in [-0.39, 0.29) is 12.3 Å². The number of amides is 1. The fourth-order valence-electron chi connectivity index (χ4n) is 3.51. The Morgan fingerprint density at radius 3 is 2.18 bits per heavy atom. The second-order valence-electron chi connectivity index (χ2n) is 6.99. The average molecular weight is 390 g/mol. The number of carbonyl (C=O) groups is 2. The van der Waals surface area contributed by atoms with E-state index in [1.807, 2.05) is 30.3 Å². The number of ketones is 1. The van der Waals surface area contributed by atoms with Crippen molar-refractivity contribution in [3.63, 3.8) is 0 Å². The molecule has 0 saturated carbocycles. The van der Waals surface area contributed by atoms with Gasteiger partial charge in [0.05, 0.1) is 5.56 Å². The first kappa shape index (κ1) is 20.1. The Balaban J connectivity index is 1.58. The van der Waals surface area contributed by atoms with Crippen LogP contribution in [0.2, 0.25) is 0 Å². The molecule has 1 unspecified atom stereocenters. The van der Waals surface area contributed by atoms with Crippen molar-refractivity contribution in [1.29, 1.82) is 0 Å². The highest BCUT2D eigenvalue weighted by Crippen LogP contribution is 2.26. The predicted molar refractivity (Wildman–Crippen MR) is 97.9 cm³/mol. The standard InChI is InChI=1S/C21H21F3N2O2/c22-15-10-16(23)20(17(24)11-15)21(28)14-6-8-26(9-7-14)19(27)12-18(25)13-4-2-1-3-5-13/h1-5,10-11,14,18H,6-9,12,25H2. The summed E-state index contributed by atoms with van der Waals surface area (Å²) in [7, 11) is 0. The lowest BCUT2D eigenvalue weighted by atomic mass is 9.88. The molecule has 1 saturated heterocycles. The molecule has 1 aliphatic rings. The molecule has 0 bridgehead atoms. The van der Waals surface area contributed by atoms with Gasteiger partial charge in [-0.25, -0.2) is 13.2 Å². The third-order valence-corrected chi connectivity index (χ3v) is 5.09. The number of piperidine rings is 1. The highest BCUT2D eigenvalue weighted by atomic mass is 19.1. The van der Waals surface area contributed by atoms with E-state index in [9.17, 15) is 22.8 Å². The Kier molecular flexibility index (Phi) is 6.14. The third kappa shape index (κ3) is 4.42. The van der Waals surface area contributed by atoms with Crippen molar-refractivity contribution < 1.29 is 22.8 Å².